The molecule has 0 aliphatic heterocycles. The molecule has 0 aliphatic carbocycles. The van der Waals surface area contributed by atoms with Crippen molar-refractivity contribution in [2.24, 2.45) is 0 Å². The number of para-hydroxylation sites is 1. The van der Waals surface area contributed by atoms with Crippen molar-refractivity contribution in [3.05, 3.63) is 51.4 Å². The summed E-state index contributed by atoms with van der Waals surface area (Å²) >= 11 is 5.18. The number of nitrogens with zero attached hydrogens (tertiary/aromatic N) is 2. The van der Waals surface area contributed by atoms with Gasteiger partial charge >= 0.3 is 0 Å². The Morgan fingerprint density at radius 1 is 1.21 bits per heavy atom. The van der Waals surface area contributed by atoms with E-state index in [0.29, 0.717) is 18.1 Å². The molecule has 1 amide bonds. The van der Waals surface area contributed by atoms with Gasteiger partial charge in [0.25, 0.3) is 5.91 Å². The van der Waals surface area contributed by atoms with Crippen LogP contribution >= 0.6 is 27.3 Å². The Morgan fingerprint density at radius 2 is 2.00 bits per heavy atom. The molecule has 2 aromatic carbocycles. The fourth-order valence-electron chi connectivity index (χ4n) is 2.48. The molecule has 0 spiro atoms. The van der Waals surface area contributed by atoms with E-state index in [1.54, 1.807) is 25.4 Å². The van der Waals surface area contributed by atoms with E-state index in [4.69, 9.17) is 9.47 Å². The lowest BCUT2D eigenvalue weighted by Crippen LogP contribution is -2.27. The molecule has 0 saturated carbocycles. The number of carbonyl (C=O) groups is 1. The molecule has 0 unspecified atom stereocenters. The Labute approximate surface area is 176 Å². The topological polar surface area (TPSA) is 51.7 Å². The predicted octanol–water partition coefficient (Wildman–Crippen LogP) is 5.09. The molecule has 0 atom stereocenters. The second-order valence-electron chi connectivity index (χ2n) is 6.19. The molecule has 7 heteroatoms. The average Bonchev–Trinajstić information content (AvgIpc) is 3.08. The van der Waals surface area contributed by atoms with Crippen molar-refractivity contribution in [3.8, 4) is 11.5 Å². The van der Waals surface area contributed by atoms with Crippen LogP contribution < -0.4 is 9.47 Å². The van der Waals surface area contributed by atoms with Crippen molar-refractivity contribution in [2.45, 2.75) is 6.92 Å². The van der Waals surface area contributed by atoms with E-state index in [-0.39, 0.29) is 12.5 Å². The molecule has 5 nitrogen and oxygen atoms in total. The molecule has 1 aromatic heterocycles. The summed E-state index contributed by atoms with van der Waals surface area (Å²) in [5, 5.41) is 0.937. The van der Waals surface area contributed by atoms with Crippen LogP contribution in [0.15, 0.2) is 40.9 Å². The Balaban J connectivity index is 1.84. The molecule has 0 radical (unpaired) electrons. The first-order chi connectivity index (χ1) is 13.5. The molecular formula is C21H21BrN2O3S. The number of rotatable bonds is 7. The van der Waals surface area contributed by atoms with E-state index in [9.17, 15) is 4.79 Å². The van der Waals surface area contributed by atoms with Crippen LogP contribution in [0.1, 0.15) is 17.5 Å². The highest BCUT2D eigenvalue weighted by Crippen LogP contribution is 2.37. The van der Waals surface area contributed by atoms with Gasteiger partial charge in [0, 0.05) is 14.1 Å². The van der Waals surface area contributed by atoms with Crippen LogP contribution in [0.4, 0.5) is 0 Å². The second-order valence-corrected chi connectivity index (χ2v) is 8.11. The van der Waals surface area contributed by atoms with Crippen molar-refractivity contribution >= 4 is 55.5 Å². The minimum atomic E-state index is -0.117. The molecule has 146 valence electrons. The Morgan fingerprint density at radius 3 is 2.71 bits per heavy atom. The number of halogens is 1. The summed E-state index contributed by atoms with van der Waals surface area (Å²) < 4.78 is 13.3. The molecule has 3 aromatic rings. The summed E-state index contributed by atoms with van der Waals surface area (Å²) in [6.45, 7) is 2.36. The molecular weight excluding hydrogens is 440 g/mol. The number of hydrogen-bond donors (Lipinski definition) is 0. The van der Waals surface area contributed by atoms with Crippen molar-refractivity contribution in [3.63, 3.8) is 0 Å². The predicted molar refractivity (Wildman–Crippen MR) is 118 cm³/mol. The van der Waals surface area contributed by atoms with Crippen LogP contribution in [0.3, 0.4) is 0 Å². The van der Waals surface area contributed by atoms with Gasteiger partial charge in [-0.05, 0) is 58.8 Å². The zero-order chi connectivity index (χ0) is 20.1. The third kappa shape index (κ3) is 4.91. The maximum Gasteiger partial charge on any atom is 0.259 e. The van der Waals surface area contributed by atoms with Crippen molar-refractivity contribution in [1.29, 1.82) is 0 Å². The van der Waals surface area contributed by atoms with Gasteiger partial charge in [0.1, 0.15) is 5.01 Å². The minimum absolute atomic E-state index is 0.0490. The maximum absolute atomic E-state index is 11.8. The van der Waals surface area contributed by atoms with Gasteiger partial charge in [0.15, 0.2) is 18.1 Å². The molecule has 0 saturated heterocycles. The van der Waals surface area contributed by atoms with E-state index < -0.39 is 0 Å². The van der Waals surface area contributed by atoms with Crippen molar-refractivity contribution < 1.29 is 14.3 Å². The van der Waals surface area contributed by atoms with Gasteiger partial charge < -0.3 is 14.4 Å². The van der Waals surface area contributed by atoms with Gasteiger partial charge in [-0.25, -0.2) is 4.98 Å². The third-order valence-corrected chi connectivity index (χ3v) is 5.49. The summed E-state index contributed by atoms with van der Waals surface area (Å²) in [5.74, 6) is 0.996. The molecule has 0 aliphatic rings. The first kappa shape index (κ1) is 20.4. The number of amides is 1. The minimum Gasteiger partial charge on any atom is -0.490 e. The Kier molecular flexibility index (Phi) is 6.70. The van der Waals surface area contributed by atoms with E-state index >= 15 is 0 Å². The maximum atomic E-state index is 11.8. The Hall–Kier alpha value is -2.38. The van der Waals surface area contributed by atoms with E-state index in [0.717, 1.165) is 25.3 Å². The molecule has 0 bridgehead atoms. The average molecular weight is 461 g/mol. The normalized spacial score (nSPS) is 11.1. The van der Waals surface area contributed by atoms with Gasteiger partial charge in [-0.15, -0.1) is 11.3 Å². The zero-order valence-electron chi connectivity index (χ0n) is 15.9. The lowest BCUT2D eigenvalue weighted by atomic mass is 10.2. The monoisotopic (exact) mass is 460 g/mol. The van der Waals surface area contributed by atoms with Crippen LogP contribution in [-0.4, -0.2) is 43.1 Å². The number of thiazole rings is 1. The SMILES string of the molecule is CCOc1cc(C=Cc2nc3ccccc3s2)cc(Br)c1OCC(=O)N(C)C. The molecule has 0 N–H and O–H groups in total. The lowest BCUT2D eigenvalue weighted by Gasteiger charge is -2.16. The largest absolute Gasteiger partial charge is 0.490 e. The zero-order valence-corrected chi connectivity index (χ0v) is 18.3. The van der Waals surface area contributed by atoms with Gasteiger partial charge in [0.2, 0.25) is 0 Å². The molecule has 28 heavy (non-hydrogen) atoms. The summed E-state index contributed by atoms with van der Waals surface area (Å²) in [4.78, 5) is 17.9. The van der Waals surface area contributed by atoms with Crippen LogP contribution in [0.25, 0.3) is 22.4 Å². The Bertz CT molecular complexity index is 981. The number of carbonyl (C=O) groups excluding carboxylic acids is 1. The summed E-state index contributed by atoms with van der Waals surface area (Å²) in [6, 6.07) is 11.9. The fraction of sp³-hybridized carbons (Fsp3) is 0.238. The summed E-state index contributed by atoms with van der Waals surface area (Å²) in [7, 11) is 3.39. The highest BCUT2D eigenvalue weighted by molar-refractivity contribution is 9.10. The number of likely N-dealkylation sites (N-methyl/N-ethyl adjacent to an activating group) is 1. The van der Waals surface area contributed by atoms with Crippen molar-refractivity contribution in [1.82, 2.24) is 9.88 Å². The van der Waals surface area contributed by atoms with E-state index in [1.807, 2.05) is 49.4 Å². The quantitative estimate of drug-likeness (QED) is 0.492. The van der Waals surface area contributed by atoms with Gasteiger partial charge in [0.05, 0.1) is 21.3 Å². The highest BCUT2D eigenvalue weighted by Gasteiger charge is 2.14. The first-order valence-corrected chi connectivity index (χ1v) is 10.4. The first-order valence-electron chi connectivity index (χ1n) is 8.81. The standard InChI is InChI=1S/C21H21BrN2O3S/c1-4-26-17-12-14(11-15(22)21(17)27-13-20(25)24(2)3)9-10-19-23-16-7-5-6-8-18(16)28-19/h5-12H,4,13H2,1-3H3. The van der Waals surface area contributed by atoms with E-state index in [2.05, 4.69) is 27.0 Å². The smallest absolute Gasteiger partial charge is 0.259 e. The third-order valence-electron chi connectivity index (χ3n) is 3.90. The van der Waals surface area contributed by atoms with Crippen molar-refractivity contribution in [2.75, 3.05) is 27.3 Å². The second kappa shape index (κ2) is 9.21. The summed E-state index contributed by atoms with van der Waals surface area (Å²) in [5.41, 5.74) is 1.94. The number of hydrogen-bond acceptors (Lipinski definition) is 5. The highest BCUT2D eigenvalue weighted by atomic mass is 79.9. The van der Waals surface area contributed by atoms with Crippen LogP contribution in [0, 0.1) is 0 Å². The van der Waals surface area contributed by atoms with Gasteiger partial charge in [-0.1, -0.05) is 18.2 Å². The summed E-state index contributed by atoms with van der Waals surface area (Å²) in [6.07, 6.45) is 3.97. The van der Waals surface area contributed by atoms with Gasteiger partial charge in [-0.3, -0.25) is 4.79 Å². The number of aromatic nitrogens is 1. The van der Waals surface area contributed by atoms with Crippen LogP contribution in [0.5, 0.6) is 11.5 Å². The lowest BCUT2D eigenvalue weighted by molar-refractivity contribution is -0.130. The van der Waals surface area contributed by atoms with E-state index in [1.165, 1.54) is 4.90 Å². The van der Waals surface area contributed by atoms with Crippen LogP contribution in [-0.2, 0) is 4.79 Å². The molecule has 3 rings (SSSR count). The fourth-order valence-corrected chi connectivity index (χ4v) is 3.92. The number of fused-ring (bicyclic) bond motifs is 1. The van der Waals surface area contributed by atoms with Crippen LogP contribution in [0.2, 0.25) is 0 Å². The number of benzene rings is 2. The molecule has 1 heterocycles. The number of ether oxygens (including phenoxy) is 2. The van der Waals surface area contributed by atoms with Gasteiger partial charge in [-0.2, -0.15) is 0 Å². The molecule has 0 fully saturated rings.